The lowest BCUT2D eigenvalue weighted by molar-refractivity contribution is -0.138. The highest BCUT2D eigenvalue weighted by atomic mass is 16.5. The minimum absolute atomic E-state index is 0.0910. The third-order valence-corrected chi connectivity index (χ3v) is 5.09. The number of nitrogens with zero attached hydrogens (tertiary/aromatic N) is 3. The molecule has 0 spiro atoms. The molecule has 0 radical (unpaired) electrons. The molecular formula is C15H23N3O2. The summed E-state index contributed by atoms with van der Waals surface area (Å²) < 4.78 is 5.38. The number of rotatable bonds is 2. The van der Waals surface area contributed by atoms with Crippen LogP contribution in [0.4, 0.5) is 0 Å². The number of ether oxygens (including phenoxy) is 1. The molecule has 2 heterocycles. The number of morpholine rings is 1. The van der Waals surface area contributed by atoms with Gasteiger partial charge in [0, 0.05) is 32.2 Å². The molecule has 0 N–H and O–H groups in total. The molecule has 3 rings (SSSR count). The molecule has 2 aliphatic heterocycles. The fourth-order valence-electron chi connectivity index (χ4n) is 3.82. The van der Waals surface area contributed by atoms with Crippen molar-refractivity contribution in [2.45, 2.75) is 38.1 Å². The summed E-state index contributed by atoms with van der Waals surface area (Å²) in [4.78, 5) is 17.1. The van der Waals surface area contributed by atoms with Crippen LogP contribution < -0.4 is 0 Å². The van der Waals surface area contributed by atoms with Crippen LogP contribution in [0.25, 0.3) is 0 Å². The average molecular weight is 277 g/mol. The molecule has 0 bridgehead atoms. The summed E-state index contributed by atoms with van der Waals surface area (Å²) in [5.74, 6) is 0.0910. The number of nitriles is 1. The number of hydrogen-bond donors (Lipinski definition) is 0. The highest BCUT2D eigenvalue weighted by Gasteiger charge is 2.45. The van der Waals surface area contributed by atoms with Crippen LogP contribution in [0, 0.1) is 16.7 Å². The Morgan fingerprint density at radius 3 is 2.55 bits per heavy atom. The molecule has 110 valence electrons. The molecule has 5 nitrogen and oxygen atoms in total. The Morgan fingerprint density at radius 1 is 1.20 bits per heavy atom. The molecule has 1 unspecified atom stereocenters. The van der Waals surface area contributed by atoms with Gasteiger partial charge in [0.05, 0.1) is 19.3 Å². The maximum absolute atomic E-state index is 12.7. The molecule has 1 amide bonds. The largest absolute Gasteiger partial charge is 0.379 e. The Hall–Kier alpha value is -1.12. The molecule has 1 atom stereocenters. The van der Waals surface area contributed by atoms with Gasteiger partial charge in [0.2, 0.25) is 5.91 Å². The van der Waals surface area contributed by atoms with Crippen LogP contribution in [-0.2, 0) is 9.53 Å². The molecule has 20 heavy (non-hydrogen) atoms. The molecule has 0 aromatic heterocycles. The molecule has 0 aromatic carbocycles. The molecule has 5 heteroatoms. The van der Waals surface area contributed by atoms with Crippen molar-refractivity contribution < 1.29 is 9.53 Å². The molecular weight excluding hydrogens is 254 g/mol. The average Bonchev–Trinajstić information content (AvgIpc) is 3.17. The standard InChI is InChI=1S/C15H23N3O2/c16-12-15(4-1-2-5-15)14(19)18-6-3-13(11-18)17-7-9-20-10-8-17/h13H,1-11H2. The Kier molecular flexibility index (Phi) is 3.95. The predicted octanol–water partition coefficient (Wildman–Crippen LogP) is 1.00. The van der Waals surface area contributed by atoms with E-state index in [1.807, 2.05) is 4.90 Å². The minimum Gasteiger partial charge on any atom is -0.379 e. The van der Waals surface area contributed by atoms with Crippen molar-refractivity contribution in [3.05, 3.63) is 0 Å². The van der Waals surface area contributed by atoms with Crippen molar-refractivity contribution in [1.29, 1.82) is 5.26 Å². The smallest absolute Gasteiger partial charge is 0.243 e. The summed E-state index contributed by atoms with van der Waals surface area (Å²) in [5.41, 5.74) is -0.708. The van der Waals surface area contributed by atoms with Gasteiger partial charge in [-0.3, -0.25) is 9.69 Å². The predicted molar refractivity (Wildman–Crippen MR) is 73.9 cm³/mol. The van der Waals surface area contributed by atoms with Gasteiger partial charge in [0.1, 0.15) is 5.41 Å². The van der Waals surface area contributed by atoms with E-state index in [2.05, 4.69) is 11.0 Å². The van der Waals surface area contributed by atoms with Gasteiger partial charge in [0.15, 0.2) is 0 Å². The Bertz CT molecular complexity index is 406. The number of hydrogen-bond acceptors (Lipinski definition) is 4. The van der Waals surface area contributed by atoms with Crippen molar-refractivity contribution in [2.24, 2.45) is 5.41 Å². The van der Waals surface area contributed by atoms with Gasteiger partial charge in [-0.05, 0) is 19.3 Å². The quantitative estimate of drug-likeness (QED) is 0.755. The van der Waals surface area contributed by atoms with Gasteiger partial charge in [-0.25, -0.2) is 0 Å². The van der Waals surface area contributed by atoms with E-state index in [1.54, 1.807) is 0 Å². The molecule has 0 aromatic rings. The second kappa shape index (κ2) is 5.71. The minimum atomic E-state index is -0.708. The Morgan fingerprint density at radius 2 is 1.90 bits per heavy atom. The van der Waals surface area contributed by atoms with E-state index in [1.165, 1.54) is 0 Å². The first kappa shape index (κ1) is 13.8. The highest BCUT2D eigenvalue weighted by molar-refractivity contribution is 5.86. The van der Waals surface area contributed by atoms with Gasteiger partial charge >= 0.3 is 0 Å². The van der Waals surface area contributed by atoms with Crippen molar-refractivity contribution in [1.82, 2.24) is 9.80 Å². The maximum Gasteiger partial charge on any atom is 0.243 e. The lowest BCUT2D eigenvalue weighted by Gasteiger charge is -2.32. The topological polar surface area (TPSA) is 56.6 Å². The summed E-state index contributed by atoms with van der Waals surface area (Å²) in [6.07, 6.45) is 4.56. The van der Waals surface area contributed by atoms with E-state index in [4.69, 9.17) is 4.74 Å². The summed E-state index contributed by atoms with van der Waals surface area (Å²) in [6, 6.07) is 2.78. The molecule has 3 aliphatic rings. The Labute approximate surface area is 120 Å². The van der Waals surface area contributed by atoms with Crippen LogP contribution in [-0.4, -0.2) is 61.1 Å². The SMILES string of the molecule is N#CC1(C(=O)N2CCC(N3CCOCC3)C2)CCCC1. The third kappa shape index (κ3) is 2.43. The van der Waals surface area contributed by atoms with Crippen molar-refractivity contribution >= 4 is 5.91 Å². The first-order valence-corrected chi connectivity index (χ1v) is 7.78. The molecule has 3 fully saturated rings. The van der Waals surface area contributed by atoms with Crippen molar-refractivity contribution in [2.75, 3.05) is 39.4 Å². The van der Waals surface area contributed by atoms with Gasteiger partial charge in [-0.15, -0.1) is 0 Å². The first-order valence-electron chi connectivity index (χ1n) is 7.78. The molecule has 1 aliphatic carbocycles. The lowest BCUT2D eigenvalue weighted by Crippen LogP contribution is -2.46. The monoisotopic (exact) mass is 277 g/mol. The van der Waals surface area contributed by atoms with E-state index < -0.39 is 5.41 Å². The van der Waals surface area contributed by atoms with E-state index in [9.17, 15) is 10.1 Å². The van der Waals surface area contributed by atoms with Crippen molar-refractivity contribution in [3.63, 3.8) is 0 Å². The number of carbonyl (C=O) groups is 1. The fourth-order valence-corrected chi connectivity index (χ4v) is 3.82. The fraction of sp³-hybridized carbons (Fsp3) is 0.867. The zero-order valence-electron chi connectivity index (χ0n) is 12.0. The summed E-state index contributed by atoms with van der Waals surface area (Å²) in [6.45, 7) is 5.14. The molecule has 2 saturated heterocycles. The van der Waals surface area contributed by atoms with E-state index >= 15 is 0 Å². The normalized spacial score (nSPS) is 30.4. The summed E-state index contributed by atoms with van der Waals surface area (Å²) in [5, 5.41) is 9.44. The van der Waals surface area contributed by atoms with Gasteiger partial charge in [-0.2, -0.15) is 5.26 Å². The van der Waals surface area contributed by atoms with Crippen LogP contribution in [0.1, 0.15) is 32.1 Å². The zero-order valence-corrected chi connectivity index (χ0v) is 12.0. The summed E-state index contributed by atoms with van der Waals surface area (Å²) in [7, 11) is 0. The van der Waals surface area contributed by atoms with E-state index in [-0.39, 0.29) is 5.91 Å². The summed E-state index contributed by atoms with van der Waals surface area (Å²) >= 11 is 0. The number of carbonyl (C=O) groups excluding carboxylic acids is 1. The third-order valence-electron chi connectivity index (χ3n) is 5.09. The maximum atomic E-state index is 12.7. The van der Waals surface area contributed by atoms with E-state index in [0.29, 0.717) is 6.04 Å². The van der Waals surface area contributed by atoms with Crippen LogP contribution in [0.5, 0.6) is 0 Å². The lowest BCUT2D eigenvalue weighted by atomic mass is 9.86. The van der Waals surface area contributed by atoms with Crippen LogP contribution in [0.2, 0.25) is 0 Å². The van der Waals surface area contributed by atoms with Crippen LogP contribution >= 0.6 is 0 Å². The second-order valence-corrected chi connectivity index (χ2v) is 6.24. The number of likely N-dealkylation sites (tertiary alicyclic amines) is 1. The van der Waals surface area contributed by atoms with Crippen LogP contribution in [0.3, 0.4) is 0 Å². The zero-order chi connectivity index (χ0) is 14.0. The van der Waals surface area contributed by atoms with E-state index in [0.717, 1.165) is 71.5 Å². The Balaban J connectivity index is 1.62. The second-order valence-electron chi connectivity index (χ2n) is 6.24. The van der Waals surface area contributed by atoms with Crippen molar-refractivity contribution in [3.8, 4) is 6.07 Å². The highest BCUT2D eigenvalue weighted by Crippen LogP contribution is 2.40. The molecule has 1 saturated carbocycles. The van der Waals surface area contributed by atoms with Crippen LogP contribution in [0.15, 0.2) is 0 Å². The number of amides is 1. The van der Waals surface area contributed by atoms with Gasteiger partial charge in [0.25, 0.3) is 0 Å². The van der Waals surface area contributed by atoms with Gasteiger partial charge < -0.3 is 9.64 Å². The first-order chi connectivity index (χ1) is 9.75. The van der Waals surface area contributed by atoms with Gasteiger partial charge in [-0.1, -0.05) is 12.8 Å².